The predicted octanol–water partition coefficient (Wildman–Crippen LogP) is 1.33. The first-order valence-electron chi connectivity index (χ1n) is 7.07. The van der Waals surface area contributed by atoms with Gasteiger partial charge in [0.05, 0.1) is 0 Å². The van der Waals surface area contributed by atoms with E-state index in [1.54, 1.807) is 0 Å². The Morgan fingerprint density at radius 3 is 2.89 bits per heavy atom. The lowest BCUT2D eigenvalue weighted by Gasteiger charge is -2.41. The first-order valence-corrected chi connectivity index (χ1v) is 7.07. The zero-order valence-corrected chi connectivity index (χ0v) is 12.3. The first kappa shape index (κ1) is 14.4. The van der Waals surface area contributed by atoms with Crippen molar-refractivity contribution in [3.63, 3.8) is 0 Å². The van der Waals surface area contributed by atoms with E-state index in [4.69, 9.17) is 5.73 Å². The van der Waals surface area contributed by atoms with E-state index in [0.717, 1.165) is 19.6 Å². The van der Waals surface area contributed by atoms with Crippen LogP contribution in [0.15, 0.2) is 24.5 Å². The molecule has 1 aromatic heterocycles. The minimum atomic E-state index is 0.171. The summed E-state index contributed by atoms with van der Waals surface area (Å²) < 4.78 is 0. The molecule has 2 heterocycles. The van der Waals surface area contributed by atoms with Crippen molar-refractivity contribution in [3.05, 3.63) is 30.1 Å². The molecule has 1 aliphatic heterocycles. The number of aromatic nitrogens is 1. The number of pyridine rings is 1. The van der Waals surface area contributed by atoms with Crippen molar-refractivity contribution in [1.82, 2.24) is 14.8 Å². The molecule has 2 rings (SSSR count). The molecule has 0 radical (unpaired) electrons. The quantitative estimate of drug-likeness (QED) is 0.892. The standard InChI is InChI=1S/C15H26N4/c1-15(2)6-8-18(3)12-14(9-16)19(15)11-13-5-4-7-17-10-13/h4-5,7,10,14H,6,8-9,11-12,16H2,1-3H3. The Balaban J connectivity index is 2.21. The van der Waals surface area contributed by atoms with Crippen LogP contribution in [-0.2, 0) is 6.54 Å². The average Bonchev–Trinajstić information content (AvgIpc) is 2.51. The summed E-state index contributed by atoms with van der Waals surface area (Å²) in [7, 11) is 2.19. The average molecular weight is 262 g/mol. The lowest BCUT2D eigenvalue weighted by atomic mass is 9.96. The molecule has 2 N–H and O–H groups in total. The van der Waals surface area contributed by atoms with Crippen molar-refractivity contribution in [2.24, 2.45) is 5.73 Å². The fraction of sp³-hybridized carbons (Fsp3) is 0.667. The van der Waals surface area contributed by atoms with E-state index >= 15 is 0 Å². The molecule has 1 aromatic rings. The van der Waals surface area contributed by atoms with Gasteiger partial charge >= 0.3 is 0 Å². The molecule has 0 spiro atoms. The largest absolute Gasteiger partial charge is 0.329 e. The number of hydrogen-bond donors (Lipinski definition) is 1. The molecule has 0 saturated carbocycles. The van der Waals surface area contributed by atoms with Crippen LogP contribution in [0.1, 0.15) is 25.8 Å². The van der Waals surface area contributed by atoms with Gasteiger partial charge in [-0.3, -0.25) is 9.88 Å². The van der Waals surface area contributed by atoms with Gasteiger partial charge in [-0.05, 0) is 45.5 Å². The molecule has 1 saturated heterocycles. The Hall–Kier alpha value is -0.970. The fourth-order valence-electron chi connectivity index (χ4n) is 2.89. The molecule has 1 aliphatic rings. The van der Waals surface area contributed by atoms with Crippen molar-refractivity contribution in [2.75, 3.05) is 26.7 Å². The maximum absolute atomic E-state index is 6.02. The molecule has 1 unspecified atom stereocenters. The van der Waals surface area contributed by atoms with Gasteiger partial charge in [0.15, 0.2) is 0 Å². The minimum Gasteiger partial charge on any atom is -0.329 e. The van der Waals surface area contributed by atoms with Gasteiger partial charge in [0.2, 0.25) is 0 Å². The van der Waals surface area contributed by atoms with Crippen LogP contribution < -0.4 is 5.73 Å². The summed E-state index contributed by atoms with van der Waals surface area (Å²) >= 11 is 0. The molecular weight excluding hydrogens is 236 g/mol. The highest BCUT2D eigenvalue weighted by Gasteiger charge is 2.35. The van der Waals surface area contributed by atoms with Gasteiger partial charge in [0, 0.05) is 43.6 Å². The molecule has 4 heteroatoms. The van der Waals surface area contributed by atoms with Crippen LogP contribution in [0.4, 0.5) is 0 Å². The van der Waals surface area contributed by atoms with Gasteiger partial charge in [0.1, 0.15) is 0 Å². The van der Waals surface area contributed by atoms with Gasteiger partial charge in [0.25, 0.3) is 0 Å². The molecule has 4 nitrogen and oxygen atoms in total. The molecule has 1 atom stereocenters. The van der Waals surface area contributed by atoms with Crippen LogP contribution in [0.5, 0.6) is 0 Å². The Morgan fingerprint density at radius 1 is 1.47 bits per heavy atom. The highest BCUT2D eigenvalue weighted by atomic mass is 15.3. The first-order chi connectivity index (χ1) is 9.03. The van der Waals surface area contributed by atoms with Crippen molar-refractivity contribution in [2.45, 2.75) is 38.4 Å². The summed E-state index contributed by atoms with van der Waals surface area (Å²) in [5, 5.41) is 0. The lowest BCUT2D eigenvalue weighted by molar-refractivity contribution is 0.0701. The molecule has 0 aromatic carbocycles. The van der Waals surface area contributed by atoms with E-state index < -0.39 is 0 Å². The van der Waals surface area contributed by atoms with Gasteiger partial charge in [-0.1, -0.05) is 6.07 Å². The molecule has 106 valence electrons. The summed E-state index contributed by atoms with van der Waals surface area (Å²) in [5.74, 6) is 0. The van der Waals surface area contributed by atoms with Crippen LogP contribution in [0.3, 0.4) is 0 Å². The second-order valence-corrected chi connectivity index (χ2v) is 6.20. The van der Waals surface area contributed by atoms with Gasteiger partial charge in [-0.2, -0.15) is 0 Å². The van der Waals surface area contributed by atoms with Crippen molar-refractivity contribution >= 4 is 0 Å². The van der Waals surface area contributed by atoms with E-state index in [2.05, 4.69) is 41.7 Å². The third-order valence-corrected chi connectivity index (χ3v) is 4.19. The zero-order chi connectivity index (χ0) is 13.9. The number of rotatable bonds is 3. The maximum Gasteiger partial charge on any atom is 0.0354 e. The molecule has 0 aliphatic carbocycles. The Bertz CT molecular complexity index is 390. The molecule has 0 bridgehead atoms. The number of nitrogens with zero attached hydrogens (tertiary/aromatic N) is 3. The number of hydrogen-bond acceptors (Lipinski definition) is 4. The zero-order valence-electron chi connectivity index (χ0n) is 12.3. The smallest absolute Gasteiger partial charge is 0.0354 e. The van der Waals surface area contributed by atoms with Crippen LogP contribution in [-0.4, -0.2) is 53.0 Å². The van der Waals surface area contributed by atoms with Crippen molar-refractivity contribution < 1.29 is 0 Å². The minimum absolute atomic E-state index is 0.171. The van der Waals surface area contributed by atoms with E-state index in [1.165, 1.54) is 12.0 Å². The van der Waals surface area contributed by atoms with Crippen LogP contribution >= 0.6 is 0 Å². The van der Waals surface area contributed by atoms with Gasteiger partial charge in [-0.15, -0.1) is 0 Å². The summed E-state index contributed by atoms with van der Waals surface area (Å²) in [4.78, 5) is 9.16. The van der Waals surface area contributed by atoms with Crippen molar-refractivity contribution in [1.29, 1.82) is 0 Å². The highest BCUT2D eigenvalue weighted by Crippen LogP contribution is 2.27. The van der Waals surface area contributed by atoms with Crippen LogP contribution in [0.2, 0.25) is 0 Å². The molecular formula is C15H26N4. The topological polar surface area (TPSA) is 45.4 Å². The van der Waals surface area contributed by atoms with E-state index in [0.29, 0.717) is 12.6 Å². The Labute approximate surface area is 116 Å². The van der Waals surface area contributed by atoms with Gasteiger partial charge in [-0.25, -0.2) is 0 Å². The van der Waals surface area contributed by atoms with Crippen molar-refractivity contribution in [3.8, 4) is 0 Å². The molecule has 19 heavy (non-hydrogen) atoms. The third kappa shape index (κ3) is 3.53. The number of nitrogens with two attached hydrogens (primary N) is 1. The van der Waals surface area contributed by atoms with E-state index in [-0.39, 0.29) is 5.54 Å². The fourth-order valence-corrected chi connectivity index (χ4v) is 2.89. The summed E-state index contributed by atoms with van der Waals surface area (Å²) in [6.07, 6.45) is 4.95. The van der Waals surface area contributed by atoms with Crippen LogP contribution in [0.25, 0.3) is 0 Å². The third-order valence-electron chi connectivity index (χ3n) is 4.19. The highest BCUT2D eigenvalue weighted by molar-refractivity contribution is 5.10. The monoisotopic (exact) mass is 262 g/mol. The Kier molecular flexibility index (Phi) is 4.55. The normalized spacial score (nSPS) is 25.2. The SMILES string of the molecule is CN1CCC(C)(C)N(Cc2cccnc2)C(CN)C1. The van der Waals surface area contributed by atoms with Crippen LogP contribution in [0, 0.1) is 0 Å². The molecule has 1 fully saturated rings. The lowest BCUT2D eigenvalue weighted by Crippen LogP contribution is -2.52. The summed E-state index contributed by atoms with van der Waals surface area (Å²) in [6, 6.07) is 4.55. The summed E-state index contributed by atoms with van der Waals surface area (Å²) in [5.41, 5.74) is 7.45. The predicted molar refractivity (Wildman–Crippen MR) is 78.8 cm³/mol. The maximum atomic E-state index is 6.02. The second kappa shape index (κ2) is 5.99. The second-order valence-electron chi connectivity index (χ2n) is 6.20. The molecule has 0 amide bonds. The van der Waals surface area contributed by atoms with Gasteiger partial charge < -0.3 is 10.6 Å². The van der Waals surface area contributed by atoms with E-state index in [9.17, 15) is 0 Å². The van der Waals surface area contributed by atoms with E-state index in [1.807, 2.05) is 18.5 Å². The summed E-state index contributed by atoms with van der Waals surface area (Å²) in [6.45, 7) is 8.45. The number of likely N-dealkylation sites (N-methyl/N-ethyl adjacent to an activating group) is 1. The Morgan fingerprint density at radius 2 is 2.26 bits per heavy atom.